The second-order valence-electron chi connectivity index (χ2n) is 4.05. The van der Waals surface area contributed by atoms with Crippen LogP contribution in [-0.2, 0) is 10.1 Å². The summed E-state index contributed by atoms with van der Waals surface area (Å²) in [5.74, 6) is -0.289. The van der Waals surface area contributed by atoms with E-state index < -0.39 is 10.1 Å². The number of hydrogen-bond acceptors (Lipinski definition) is 3. The van der Waals surface area contributed by atoms with Crippen molar-refractivity contribution in [1.82, 2.24) is 4.98 Å². The summed E-state index contributed by atoms with van der Waals surface area (Å²) in [6.07, 6.45) is 3.62. The molecule has 1 aromatic carbocycles. The molecule has 0 amide bonds. The Morgan fingerprint density at radius 1 is 1.26 bits per heavy atom. The monoisotopic (exact) mass is 297 g/mol. The minimum absolute atomic E-state index is 0.244. The van der Waals surface area contributed by atoms with Gasteiger partial charge in [0.25, 0.3) is 10.1 Å². The van der Waals surface area contributed by atoms with E-state index in [-0.39, 0.29) is 12.2 Å². The molecule has 0 bridgehead atoms. The minimum Gasteiger partial charge on any atom is -0.286 e. The fraction of sp³-hybridized carbons (Fsp3) is 0.154. The maximum atomic E-state index is 10.5. The number of halogens is 1. The molecule has 0 saturated carbocycles. The number of fused-ring (bicyclic) bond motifs is 1. The number of rotatable bonds is 4. The Hall–Kier alpha value is -1.43. The highest BCUT2D eigenvalue weighted by Gasteiger charge is 2.01. The molecule has 2 aromatic rings. The zero-order valence-corrected chi connectivity index (χ0v) is 11.5. The molecule has 6 heteroatoms. The summed E-state index contributed by atoms with van der Waals surface area (Å²) in [5, 5.41) is 1.60. The lowest BCUT2D eigenvalue weighted by Gasteiger charge is -1.99. The van der Waals surface area contributed by atoms with Crippen LogP contribution in [0.3, 0.4) is 0 Å². The van der Waals surface area contributed by atoms with Gasteiger partial charge in [-0.25, -0.2) is 4.98 Å². The lowest BCUT2D eigenvalue weighted by atomic mass is 10.2. The molecule has 1 aromatic heterocycles. The first-order chi connectivity index (χ1) is 8.94. The third-order valence-corrected chi connectivity index (χ3v) is 3.49. The number of allylic oxidation sites excluding steroid dienone is 1. The largest absolute Gasteiger partial charge is 0.286 e. The van der Waals surface area contributed by atoms with Gasteiger partial charge >= 0.3 is 0 Å². The first-order valence-corrected chi connectivity index (χ1v) is 7.61. The number of benzene rings is 1. The highest BCUT2D eigenvalue weighted by Crippen LogP contribution is 2.18. The van der Waals surface area contributed by atoms with Gasteiger partial charge in [-0.15, -0.1) is 0 Å². The Bertz CT molecular complexity index is 726. The van der Waals surface area contributed by atoms with E-state index in [1.54, 1.807) is 24.3 Å². The summed E-state index contributed by atoms with van der Waals surface area (Å²) in [6.45, 7) is 0. The molecule has 1 heterocycles. The summed E-state index contributed by atoms with van der Waals surface area (Å²) in [7, 11) is -3.91. The van der Waals surface area contributed by atoms with Crippen molar-refractivity contribution in [2.75, 3.05) is 5.75 Å². The van der Waals surface area contributed by atoms with E-state index in [1.165, 1.54) is 0 Å². The Balaban J connectivity index is 2.15. The summed E-state index contributed by atoms with van der Waals surface area (Å²) in [4.78, 5) is 4.39. The van der Waals surface area contributed by atoms with Gasteiger partial charge in [0.05, 0.1) is 17.0 Å². The summed E-state index contributed by atoms with van der Waals surface area (Å²) in [5.41, 5.74) is 1.49. The molecule has 0 aliphatic rings. The molecule has 0 aliphatic heterocycles. The molecule has 0 unspecified atom stereocenters. The van der Waals surface area contributed by atoms with Gasteiger partial charge < -0.3 is 0 Å². The maximum absolute atomic E-state index is 10.5. The molecule has 4 nitrogen and oxygen atoms in total. The second-order valence-corrected chi connectivity index (χ2v) is 6.06. The predicted octanol–water partition coefficient (Wildman–Crippen LogP) is 3.18. The third kappa shape index (κ3) is 4.31. The quantitative estimate of drug-likeness (QED) is 0.880. The van der Waals surface area contributed by atoms with Crippen molar-refractivity contribution in [1.29, 1.82) is 0 Å². The minimum atomic E-state index is -3.91. The predicted molar refractivity (Wildman–Crippen MR) is 76.8 cm³/mol. The summed E-state index contributed by atoms with van der Waals surface area (Å²) >= 11 is 5.90. The van der Waals surface area contributed by atoms with E-state index in [1.807, 2.05) is 18.2 Å². The lowest BCUT2D eigenvalue weighted by molar-refractivity contribution is 0.483. The van der Waals surface area contributed by atoms with Crippen LogP contribution in [0.2, 0.25) is 5.02 Å². The van der Waals surface area contributed by atoms with Gasteiger partial charge in [0.1, 0.15) is 0 Å². The molecular formula is C13H12ClNO3S. The van der Waals surface area contributed by atoms with Crippen molar-refractivity contribution in [3.8, 4) is 0 Å². The number of pyridine rings is 1. The van der Waals surface area contributed by atoms with E-state index in [0.717, 1.165) is 10.9 Å². The molecule has 19 heavy (non-hydrogen) atoms. The van der Waals surface area contributed by atoms with Gasteiger partial charge in [0.2, 0.25) is 0 Å². The van der Waals surface area contributed by atoms with E-state index >= 15 is 0 Å². The molecule has 0 atom stereocenters. The van der Waals surface area contributed by atoms with Crippen LogP contribution in [0.1, 0.15) is 12.1 Å². The first-order valence-electron chi connectivity index (χ1n) is 5.62. The Kier molecular flexibility index (Phi) is 4.19. The highest BCUT2D eigenvalue weighted by molar-refractivity contribution is 7.85. The van der Waals surface area contributed by atoms with Crippen LogP contribution in [0.5, 0.6) is 0 Å². The van der Waals surface area contributed by atoms with Crippen molar-refractivity contribution in [3.63, 3.8) is 0 Å². The van der Waals surface area contributed by atoms with Crippen LogP contribution < -0.4 is 0 Å². The van der Waals surface area contributed by atoms with Gasteiger partial charge in [0, 0.05) is 10.4 Å². The molecule has 0 spiro atoms. The summed E-state index contributed by atoms with van der Waals surface area (Å²) in [6, 6.07) is 9.21. The average molecular weight is 298 g/mol. The molecular weight excluding hydrogens is 286 g/mol. The first kappa shape index (κ1) is 14.0. The Morgan fingerprint density at radius 3 is 2.74 bits per heavy atom. The molecule has 1 N–H and O–H groups in total. The van der Waals surface area contributed by atoms with Crippen LogP contribution in [0.25, 0.3) is 17.0 Å². The zero-order chi connectivity index (χ0) is 13.9. The third-order valence-electron chi connectivity index (χ3n) is 2.51. The van der Waals surface area contributed by atoms with Gasteiger partial charge in [-0.05, 0) is 30.7 Å². The fourth-order valence-corrected chi connectivity index (χ4v) is 2.22. The smallest absolute Gasteiger partial charge is 0.265 e. The lowest BCUT2D eigenvalue weighted by Crippen LogP contribution is -2.01. The van der Waals surface area contributed by atoms with Gasteiger partial charge in [-0.2, -0.15) is 8.42 Å². The SMILES string of the molecule is O=S(=O)(O)CC/C=C/c1ccc2ccc(Cl)cc2n1. The molecule has 0 radical (unpaired) electrons. The van der Waals surface area contributed by atoms with Crippen molar-refractivity contribution in [2.24, 2.45) is 0 Å². The Morgan fingerprint density at radius 2 is 2.00 bits per heavy atom. The van der Waals surface area contributed by atoms with Gasteiger partial charge in [-0.1, -0.05) is 29.8 Å². The van der Waals surface area contributed by atoms with E-state index in [4.69, 9.17) is 16.2 Å². The topological polar surface area (TPSA) is 67.3 Å². The van der Waals surface area contributed by atoms with Crippen LogP contribution >= 0.6 is 11.6 Å². The summed E-state index contributed by atoms with van der Waals surface area (Å²) < 4.78 is 29.7. The normalized spacial score (nSPS) is 12.3. The Labute approximate surface area is 116 Å². The zero-order valence-electron chi connectivity index (χ0n) is 9.95. The maximum Gasteiger partial charge on any atom is 0.265 e. The van der Waals surface area contributed by atoms with Crippen molar-refractivity contribution in [3.05, 3.63) is 47.1 Å². The number of hydrogen-bond donors (Lipinski definition) is 1. The number of nitrogens with zero attached hydrogens (tertiary/aromatic N) is 1. The van der Waals surface area contributed by atoms with E-state index in [9.17, 15) is 8.42 Å². The number of aromatic nitrogens is 1. The highest BCUT2D eigenvalue weighted by atomic mass is 35.5. The van der Waals surface area contributed by atoms with Gasteiger partial charge in [0.15, 0.2) is 0 Å². The standard InChI is InChI=1S/C13H12ClNO3S/c14-11-6-4-10-5-7-12(15-13(10)9-11)3-1-2-8-19(16,17)18/h1,3-7,9H,2,8H2,(H,16,17,18)/b3-1+. The average Bonchev–Trinajstić information content (AvgIpc) is 2.33. The van der Waals surface area contributed by atoms with Crippen molar-refractivity contribution < 1.29 is 13.0 Å². The fourth-order valence-electron chi connectivity index (χ4n) is 1.62. The van der Waals surface area contributed by atoms with Gasteiger partial charge in [-0.3, -0.25) is 4.55 Å². The van der Waals surface area contributed by atoms with E-state index in [0.29, 0.717) is 10.7 Å². The molecule has 100 valence electrons. The van der Waals surface area contributed by atoms with Crippen LogP contribution in [0, 0.1) is 0 Å². The van der Waals surface area contributed by atoms with Crippen molar-refractivity contribution >= 4 is 38.7 Å². The van der Waals surface area contributed by atoms with Crippen LogP contribution in [-0.4, -0.2) is 23.7 Å². The molecule has 0 aliphatic carbocycles. The van der Waals surface area contributed by atoms with E-state index in [2.05, 4.69) is 4.98 Å². The second kappa shape index (κ2) is 5.69. The molecule has 0 fully saturated rings. The van der Waals surface area contributed by atoms with Crippen molar-refractivity contribution in [2.45, 2.75) is 6.42 Å². The van der Waals surface area contributed by atoms with Crippen LogP contribution in [0.15, 0.2) is 36.4 Å². The molecule has 2 rings (SSSR count). The molecule has 0 saturated heterocycles. The van der Waals surface area contributed by atoms with Crippen LogP contribution in [0.4, 0.5) is 0 Å².